The van der Waals surface area contributed by atoms with Crippen molar-refractivity contribution >= 4 is 23.6 Å². The second-order valence-electron chi connectivity index (χ2n) is 5.60. The lowest BCUT2D eigenvalue weighted by Crippen LogP contribution is -2.42. The van der Waals surface area contributed by atoms with E-state index in [1.54, 1.807) is 12.1 Å². The number of amides is 2. The molecule has 0 unspecified atom stereocenters. The first-order valence-electron chi connectivity index (χ1n) is 7.82. The van der Waals surface area contributed by atoms with Crippen molar-refractivity contribution in [2.45, 2.75) is 37.5 Å². The fourth-order valence-corrected chi connectivity index (χ4v) is 3.96. The van der Waals surface area contributed by atoms with Gasteiger partial charge < -0.3 is 10.2 Å². The van der Waals surface area contributed by atoms with Gasteiger partial charge in [-0.2, -0.15) is 11.8 Å². The van der Waals surface area contributed by atoms with E-state index in [1.807, 2.05) is 41.9 Å². The molecule has 120 valence electrons. The Morgan fingerprint density at radius 2 is 2.00 bits per heavy atom. The predicted molar refractivity (Wildman–Crippen MR) is 91.1 cm³/mol. The number of hydrogen-bond donors (Lipinski definition) is 1. The number of benzene rings is 1. The van der Waals surface area contributed by atoms with Crippen LogP contribution in [-0.4, -0.2) is 47.4 Å². The van der Waals surface area contributed by atoms with E-state index in [-0.39, 0.29) is 18.4 Å². The van der Waals surface area contributed by atoms with Crippen molar-refractivity contribution in [3.8, 4) is 0 Å². The van der Waals surface area contributed by atoms with Gasteiger partial charge in [-0.1, -0.05) is 25.1 Å². The van der Waals surface area contributed by atoms with Crippen molar-refractivity contribution in [1.29, 1.82) is 0 Å². The summed E-state index contributed by atoms with van der Waals surface area (Å²) in [7, 11) is 1.85. The largest absolute Gasteiger partial charge is 0.343 e. The minimum absolute atomic E-state index is 0.0172. The molecule has 4 nitrogen and oxygen atoms in total. The molecule has 2 atom stereocenters. The topological polar surface area (TPSA) is 49.4 Å². The van der Waals surface area contributed by atoms with E-state index in [0.29, 0.717) is 16.9 Å². The zero-order valence-electron chi connectivity index (χ0n) is 13.2. The molecule has 1 N–H and O–H groups in total. The van der Waals surface area contributed by atoms with Crippen LogP contribution in [0.5, 0.6) is 0 Å². The molecule has 2 rings (SSSR count). The molecule has 1 fully saturated rings. The second kappa shape index (κ2) is 8.22. The molecule has 1 aromatic rings. The highest BCUT2D eigenvalue weighted by atomic mass is 32.2. The first kappa shape index (κ1) is 16.9. The highest BCUT2D eigenvalue weighted by Gasteiger charge is 2.29. The van der Waals surface area contributed by atoms with Gasteiger partial charge in [0.05, 0.1) is 6.54 Å². The molecule has 0 saturated heterocycles. The van der Waals surface area contributed by atoms with Gasteiger partial charge in [0.25, 0.3) is 5.91 Å². The van der Waals surface area contributed by atoms with Crippen LogP contribution < -0.4 is 5.32 Å². The molecule has 22 heavy (non-hydrogen) atoms. The minimum Gasteiger partial charge on any atom is -0.343 e. The van der Waals surface area contributed by atoms with E-state index < -0.39 is 0 Å². The van der Waals surface area contributed by atoms with Crippen molar-refractivity contribution in [2.75, 3.05) is 19.3 Å². The van der Waals surface area contributed by atoms with Crippen LogP contribution in [0.2, 0.25) is 0 Å². The summed E-state index contributed by atoms with van der Waals surface area (Å²) in [6.07, 6.45) is 3.30. The number of hydrogen-bond acceptors (Lipinski definition) is 3. The molecule has 0 aromatic heterocycles. The summed E-state index contributed by atoms with van der Waals surface area (Å²) >= 11 is 1.98. The smallest absolute Gasteiger partial charge is 0.251 e. The second-order valence-corrected chi connectivity index (χ2v) is 7.17. The van der Waals surface area contributed by atoms with Crippen LogP contribution in [0.25, 0.3) is 0 Å². The molecule has 1 aliphatic carbocycles. The zero-order valence-corrected chi connectivity index (χ0v) is 14.1. The maximum absolute atomic E-state index is 12.2. The van der Waals surface area contributed by atoms with Gasteiger partial charge in [0.15, 0.2) is 0 Å². The molecule has 0 radical (unpaired) electrons. The molecule has 2 amide bonds. The van der Waals surface area contributed by atoms with Crippen LogP contribution in [0.1, 0.15) is 36.5 Å². The number of likely N-dealkylation sites (N-methyl/N-ethyl adjacent to an activating group) is 1. The minimum atomic E-state index is -0.201. The maximum atomic E-state index is 12.2. The lowest BCUT2D eigenvalue weighted by molar-refractivity contribution is -0.130. The molecular weight excluding hydrogens is 296 g/mol. The van der Waals surface area contributed by atoms with Crippen LogP contribution in [0.3, 0.4) is 0 Å². The number of nitrogens with one attached hydrogen (secondary N) is 1. The Morgan fingerprint density at radius 3 is 2.68 bits per heavy atom. The Morgan fingerprint density at radius 1 is 1.27 bits per heavy atom. The molecule has 1 aliphatic rings. The summed E-state index contributed by atoms with van der Waals surface area (Å²) < 4.78 is 0. The van der Waals surface area contributed by atoms with Gasteiger partial charge >= 0.3 is 0 Å². The van der Waals surface area contributed by atoms with Gasteiger partial charge in [-0.15, -0.1) is 0 Å². The highest BCUT2D eigenvalue weighted by molar-refractivity contribution is 7.99. The van der Waals surface area contributed by atoms with Crippen LogP contribution in [0.15, 0.2) is 30.3 Å². The van der Waals surface area contributed by atoms with E-state index in [1.165, 1.54) is 6.42 Å². The Balaban J connectivity index is 1.78. The molecule has 1 saturated carbocycles. The number of thioether (sulfide) groups is 1. The van der Waals surface area contributed by atoms with Crippen molar-refractivity contribution in [3.05, 3.63) is 35.9 Å². The Labute approximate surface area is 136 Å². The number of rotatable bonds is 6. The Hall–Kier alpha value is -1.49. The molecule has 0 aliphatic heterocycles. The lowest BCUT2D eigenvalue weighted by Gasteiger charge is -2.25. The van der Waals surface area contributed by atoms with Gasteiger partial charge in [-0.3, -0.25) is 9.59 Å². The third-order valence-corrected chi connectivity index (χ3v) is 5.37. The summed E-state index contributed by atoms with van der Waals surface area (Å²) in [4.78, 5) is 26.0. The number of carbonyl (C=O) groups excluding carboxylic acids is 2. The quantitative estimate of drug-likeness (QED) is 0.876. The Kier molecular flexibility index (Phi) is 6.31. The average molecular weight is 320 g/mol. The highest BCUT2D eigenvalue weighted by Crippen LogP contribution is 2.32. The summed E-state index contributed by atoms with van der Waals surface area (Å²) in [6, 6.07) is 9.28. The Bertz CT molecular complexity index is 507. The molecule has 0 spiro atoms. The third kappa shape index (κ3) is 4.50. The van der Waals surface area contributed by atoms with E-state index in [9.17, 15) is 9.59 Å². The third-order valence-electron chi connectivity index (χ3n) is 4.14. The molecule has 1 aromatic carbocycles. The lowest BCUT2D eigenvalue weighted by atomic mass is 10.2. The van der Waals surface area contributed by atoms with E-state index in [2.05, 4.69) is 12.2 Å². The molecule has 5 heteroatoms. The van der Waals surface area contributed by atoms with Gasteiger partial charge in [0.1, 0.15) is 0 Å². The van der Waals surface area contributed by atoms with Crippen LogP contribution in [0.4, 0.5) is 0 Å². The average Bonchev–Trinajstić information content (AvgIpc) is 3.01. The normalized spacial score (nSPS) is 20.6. The van der Waals surface area contributed by atoms with Gasteiger partial charge in [-0.25, -0.2) is 0 Å². The summed E-state index contributed by atoms with van der Waals surface area (Å²) in [6.45, 7) is 2.23. The summed E-state index contributed by atoms with van der Waals surface area (Å²) in [5, 5.41) is 3.37. The first-order chi connectivity index (χ1) is 10.6. The van der Waals surface area contributed by atoms with Crippen LogP contribution in [0, 0.1) is 0 Å². The van der Waals surface area contributed by atoms with Crippen molar-refractivity contribution in [1.82, 2.24) is 10.2 Å². The molecular formula is C17H24N2O2S. The van der Waals surface area contributed by atoms with Crippen molar-refractivity contribution in [3.63, 3.8) is 0 Å². The fraction of sp³-hybridized carbons (Fsp3) is 0.529. The van der Waals surface area contributed by atoms with Crippen molar-refractivity contribution < 1.29 is 9.59 Å². The molecule has 0 heterocycles. The number of carbonyl (C=O) groups is 2. The number of nitrogens with zero attached hydrogens (tertiary/aromatic N) is 1. The van der Waals surface area contributed by atoms with Gasteiger partial charge in [0, 0.05) is 23.9 Å². The first-order valence-corrected chi connectivity index (χ1v) is 8.87. The van der Waals surface area contributed by atoms with Crippen LogP contribution >= 0.6 is 11.8 Å². The van der Waals surface area contributed by atoms with Gasteiger partial charge in [0.2, 0.25) is 5.91 Å². The zero-order chi connectivity index (χ0) is 15.9. The SMILES string of the molecule is CCS[C@@H]1CC[C@@H](N(C)C(=O)CNC(=O)c2ccccc2)C1. The molecule has 0 bridgehead atoms. The monoisotopic (exact) mass is 320 g/mol. The summed E-state index contributed by atoms with van der Waals surface area (Å²) in [5.41, 5.74) is 0.582. The maximum Gasteiger partial charge on any atom is 0.251 e. The summed E-state index contributed by atoms with van der Waals surface area (Å²) in [5.74, 6) is 0.909. The van der Waals surface area contributed by atoms with E-state index >= 15 is 0 Å². The standard InChI is InChI=1S/C17H24N2O2S/c1-3-22-15-10-9-14(11-15)19(2)16(20)12-18-17(21)13-7-5-4-6-8-13/h4-8,14-15H,3,9-12H2,1-2H3,(H,18,21)/t14-,15-/m1/s1. The fourth-order valence-electron chi connectivity index (χ4n) is 2.83. The van der Waals surface area contributed by atoms with Gasteiger partial charge in [-0.05, 0) is 37.1 Å². The van der Waals surface area contributed by atoms with E-state index in [0.717, 1.165) is 18.6 Å². The predicted octanol–water partition coefficient (Wildman–Crippen LogP) is 2.55. The van der Waals surface area contributed by atoms with E-state index in [4.69, 9.17) is 0 Å². The van der Waals surface area contributed by atoms with Crippen LogP contribution in [-0.2, 0) is 4.79 Å². The van der Waals surface area contributed by atoms with Crippen molar-refractivity contribution in [2.24, 2.45) is 0 Å².